The highest BCUT2D eigenvalue weighted by molar-refractivity contribution is 6.30. The molecular formula is C28H28ClF3N6O2. The van der Waals surface area contributed by atoms with Crippen LogP contribution < -0.4 is 16.3 Å². The Hall–Kier alpha value is -3.86. The summed E-state index contributed by atoms with van der Waals surface area (Å²) in [5.41, 5.74) is 1.20. The van der Waals surface area contributed by atoms with Crippen LogP contribution in [0.5, 0.6) is 0 Å². The van der Waals surface area contributed by atoms with Gasteiger partial charge in [0.1, 0.15) is 5.82 Å². The second-order valence-corrected chi connectivity index (χ2v) is 10.5. The molecule has 1 aliphatic rings. The molecule has 210 valence electrons. The highest BCUT2D eigenvalue weighted by Gasteiger charge is 2.38. The Bertz CT molecular complexity index is 1620. The van der Waals surface area contributed by atoms with Crippen molar-refractivity contribution < 1.29 is 18.0 Å². The maximum absolute atomic E-state index is 13.7. The van der Waals surface area contributed by atoms with Crippen molar-refractivity contribution in [2.24, 2.45) is 5.92 Å². The van der Waals surface area contributed by atoms with Crippen molar-refractivity contribution in [2.75, 3.05) is 12.4 Å². The first-order valence-electron chi connectivity index (χ1n) is 13.0. The molecule has 0 saturated heterocycles. The molecular weight excluding hydrogens is 545 g/mol. The number of amides is 1. The Morgan fingerprint density at radius 2 is 1.77 bits per heavy atom. The van der Waals surface area contributed by atoms with Crippen molar-refractivity contribution >= 4 is 34.4 Å². The predicted molar refractivity (Wildman–Crippen MR) is 147 cm³/mol. The van der Waals surface area contributed by atoms with E-state index in [1.807, 2.05) is 37.3 Å². The number of aromatic nitrogens is 4. The molecule has 0 aliphatic heterocycles. The van der Waals surface area contributed by atoms with E-state index in [-0.39, 0.29) is 22.7 Å². The van der Waals surface area contributed by atoms with Gasteiger partial charge < -0.3 is 10.6 Å². The molecule has 1 aromatic carbocycles. The van der Waals surface area contributed by atoms with Crippen molar-refractivity contribution in [3.8, 4) is 5.69 Å². The van der Waals surface area contributed by atoms with Crippen LogP contribution in [-0.2, 0) is 12.7 Å². The Morgan fingerprint density at radius 3 is 2.42 bits per heavy atom. The van der Waals surface area contributed by atoms with Gasteiger partial charge in [-0.1, -0.05) is 23.7 Å². The first-order valence-corrected chi connectivity index (χ1v) is 13.3. The van der Waals surface area contributed by atoms with Gasteiger partial charge in [0.25, 0.3) is 5.91 Å². The van der Waals surface area contributed by atoms with Crippen LogP contribution in [0.2, 0.25) is 5.02 Å². The van der Waals surface area contributed by atoms with E-state index in [9.17, 15) is 22.8 Å². The highest BCUT2D eigenvalue weighted by Crippen LogP contribution is 2.32. The van der Waals surface area contributed by atoms with E-state index in [4.69, 9.17) is 11.6 Å². The number of benzene rings is 1. The average Bonchev–Trinajstić information content (AvgIpc) is 3.19. The lowest BCUT2D eigenvalue weighted by molar-refractivity contribution is -0.141. The van der Waals surface area contributed by atoms with Crippen LogP contribution in [0.15, 0.2) is 53.6 Å². The minimum atomic E-state index is -4.77. The van der Waals surface area contributed by atoms with Gasteiger partial charge in [0, 0.05) is 25.8 Å². The van der Waals surface area contributed by atoms with Gasteiger partial charge in [0.15, 0.2) is 5.69 Å². The maximum atomic E-state index is 13.7. The summed E-state index contributed by atoms with van der Waals surface area (Å²) < 4.78 is 43.6. The molecule has 0 spiro atoms. The molecule has 4 aromatic rings. The zero-order valence-corrected chi connectivity index (χ0v) is 22.7. The normalized spacial score (nSPS) is 17.6. The van der Waals surface area contributed by atoms with Gasteiger partial charge in [-0.15, -0.1) is 0 Å². The molecule has 0 radical (unpaired) electrons. The third-order valence-electron chi connectivity index (χ3n) is 7.41. The lowest BCUT2D eigenvalue weighted by atomic mass is 9.85. The lowest BCUT2D eigenvalue weighted by Crippen LogP contribution is -2.39. The van der Waals surface area contributed by atoms with E-state index in [0.29, 0.717) is 43.7 Å². The topological polar surface area (TPSA) is 93.8 Å². The number of pyridine rings is 2. The average molecular weight is 573 g/mol. The quantitative estimate of drug-likeness (QED) is 0.314. The number of rotatable bonds is 6. The molecule has 1 aliphatic carbocycles. The summed E-state index contributed by atoms with van der Waals surface area (Å²) in [7, 11) is 1.79. The summed E-state index contributed by atoms with van der Waals surface area (Å²) in [4.78, 5) is 34.2. The summed E-state index contributed by atoms with van der Waals surface area (Å²) in [5.74, 6) is 0.0241. The molecule has 0 unspecified atom stereocenters. The SMILES string of the molecule is CNc1cc(C)c(-n2c(=O)n(CC3CCC(NC(=O)c4cc(Cl)cnc4C(F)(F)F)CC3)c3ccccc32)cn1. The monoisotopic (exact) mass is 572 g/mol. The molecule has 1 fully saturated rings. The Labute approximate surface area is 233 Å². The summed E-state index contributed by atoms with van der Waals surface area (Å²) in [6, 6.07) is 10.2. The number of halogens is 4. The molecule has 3 heterocycles. The maximum Gasteiger partial charge on any atom is 0.434 e. The molecule has 0 atom stereocenters. The van der Waals surface area contributed by atoms with Crippen molar-refractivity contribution in [1.29, 1.82) is 0 Å². The van der Waals surface area contributed by atoms with Crippen LogP contribution in [0.1, 0.15) is 47.3 Å². The largest absolute Gasteiger partial charge is 0.434 e. The molecule has 2 N–H and O–H groups in total. The van der Waals surface area contributed by atoms with Crippen molar-refractivity contribution in [1.82, 2.24) is 24.4 Å². The van der Waals surface area contributed by atoms with Gasteiger partial charge in [-0.25, -0.2) is 14.8 Å². The van der Waals surface area contributed by atoms with E-state index in [1.54, 1.807) is 22.4 Å². The fourth-order valence-electron chi connectivity index (χ4n) is 5.39. The number of hydrogen-bond donors (Lipinski definition) is 2. The fraction of sp³-hybridized carbons (Fsp3) is 0.357. The van der Waals surface area contributed by atoms with Gasteiger partial charge in [-0.3, -0.25) is 13.9 Å². The number of anilines is 1. The smallest absolute Gasteiger partial charge is 0.373 e. The third-order valence-corrected chi connectivity index (χ3v) is 7.61. The molecule has 0 bridgehead atoms. The minimum Gasteiger partial charge on any atom is -0.373 e. The zero-order chi connectivity index (χ0) is 28.6. The lowest BCUT2D eigenvalue weighted by Gasteiger charge is -2.29. The van der Waals surface area contributed by atoms with Gasteiger partial charge in [0.05, 0.1) is 33.5 Å². The Balaban J connectivity index is 1.32. The standard InChI is InChI=1S/C28H28ClF3N6O2/c1-16-11-24(33-2)34-14-23(16)38-22-6-4-3-5-21(22)37(27(38)40)15-17-7-9-19(10-8-17)36-26(39)20-12-18(29)13-35-25(20)28(30,31)32/h3-6,11-14,17,19H,7-10,15H2,1-2H3,(H,33,34)(H,36,39). The van der Waals surface area contributed by atoms with Gasteiger partial charge >= 0.3 is 11.9 Å². The van der Waals surface area contributed by atoms with Gasteiger partial charge in [-0.05, 0) is 68.4 Å². The molecule has 5 rings (SSSR count). The predicted octanol–water partition coefficient (Wildman–Crippen LogP) is 5.59. The number of para-hydroxylation sites is 2. The van der Waals surface area contributed by atoms with Gasteiger partial charge in [-0.2, -0.15) is 13.2 Å². The first-order chi connectivity index (χ1) is 19.1. The van der Waals surface area contributed by atoms with Crippen molar-refractivity contribution in [2.45, 2.75) is 51.4 Å². The molecule has 3 aromatic heterocycles. The second-order valence-electron chi connectivity index (χ2n) is 10.1. The summed E-state index contributed by atoms with van der Waals surface area (Å²) in [6.45, 7) is 2.42. The van der Waals surface area contributed by atoms with E-state index in [0.717, 1.165) is 28.9 Å². The number of imidazole rings is 1. The number of carbonyl (C=O) groups excluding carboxylic acids is 1. The molecule has 1 saturated carbocycles. The van der Waals surface area contributed by atoms with E-state index in [1.165, 1.54) is 0 Å². The van der Waals surface area contributed by atoms with Crippen LogP contribution in [0, 0.1) is 12.8 Å². The van der Waals surface area contributed by atoms with Crippen molar-refractivity contribution in [3.63, 3.8) is 0 Å². The second kappa shape index (κ2) is 11.0. The number of alkyl halides is 3. The van der Waals surface area contributed by atoms with Crippen LogP contribution >= 0.6 is 11.6 Å². The Kier molecular flexibility index (Phi) is 7.59. The van der Waals surface area contributed by atoms with E-state index < -0.39 is 23.3 Å². The first kappa shape index (κ1) is 27.7. The third kappa shape index (κ3) is 5.42. The fourth-order valence-corrected chi connectivity index (χ4v) is 5.54. The molecule has 1 amide bonds. The van der Waals surface area contributed by atoms with Crippen LogP contribution in [0.4, 0.5) is 19.0 Å². The van der Waals surface area contributed by atoms with Crippen molar-refractivity contribution in [3.05, 3.63) is 81.1 Å². The number of nitrogens with zero attached hydrogens (tertiary/aromatic N) is 4. The number of aryl methyl sites for hydroxylation is 1. The van der Waals surface area contributed by atoms with E-state index >= 15 is 0 Å². The minimum absolute atomic E-state index is 0.0459. The highest BCUT2D eigenvalue weighted by atomic mass is 35.5. The summed E-state index contributed by atoms with van der Waals surface area (Å²) in [5, 5.41) is 5.68. The number of fused-ring (bicyclic) bond motifs is 1. The molecule has 8 nitrogen and oxygen atoms in total. The van der Waals surface area contributed by atoms with Crippen LogP contribution in [-0.4, -0.2) is 38.1 Å². The number of hydrogen-bond acceptors (Lipinski definition) is 5. The zero-order valence-electron chi connectivity index (χ0n) is 21.9. The number of nitrogens with one attached hydrogen (secondary N) is 2. The van der Waals surface area contributed by atoms with Gasteiger partial charge in [0.2, 0.25) is 0 Å². The summed E-state index contributed by atoms with van der Waals surface area (Å²) in [6.07, 6.45) is 0.349. The molecule has 12 heteroatoms. The van der Waals surface area contributed by atoms with E-state index in [2.05, 4.69) is 20.6 Å². The van der Waals surface area contributed by atoms with Crippen LogP contribution in [0.25, 0.3) is 16.7 Å². The molecule has 40 heavy (non-hydrogen) atoms. The number of carbonyl (C=O) groups is 1. The summed E-state index contributed by atoms with van der Waals surface area (Å²) >= 11 is 5.82. The Morgan fingerprint density at radius 1 is 1.07 bits per heavy atom. The van der Waals surface area contributed by atoms with Crippen LogP contribution in [0.3, 0.4) is 0 Å².